The zero-order chi connectivity index (χ0) is 21.5. The summed E-state index contributed by atoms with van der Waals surface area (Å²) in [5.41, 5.74) is 1.09. The lowest BCUT2D eigenvalue weighted by Crippen LogP contribution is -2.00. The van der Waals surface area contributed by atoms with Gasteiger partial charge >= 0.3 is 0 Å². The van der Waals surface area contributed by atoms with E-state index in [4.69, 9.17) is 33.4 Å². The Hall–Kier alpha value is -3.93. The average Bonchev–Trinajstić information content (AvgIpc) is 3.26. The highest BCUT2D eigenvalue weighted by atomic mass is 16.5. The monoisotopic (exact) mass is 411 g/mol. The van der Waals surface area contributed by atoms with Gasteiger partial charge in [-0.25, -0.2) is 0 Å². The molecule has 1 aromatic heterocycles. The van der Waals surface area contributed by atoms with Crippen LogP contribution >= 0.6 is 0 Å². The molecule has 0 aliphatic heterocycles. The van der Waals surface area contributed by atoms with Gasteiger partial charge < -0.3 is 28.1 Å². The van der Waals surface area contributed by atoms with E-state index in [1.54, 1.807) is 30.3 Å². The van der Waals surface area contributed by atoms with Crippen molar-refractivity contribution in [3.8, 4) is 46.3 Å². The molecule has 0 spiro atoms. The molecule has 1 heterocycles. The molecule has 3 rings (SSSR count). The highest BCUT2D eigenvalue weighted by molar-refractivity contribution is 5.65. The highest BCUT2D eigenvalue weighted by Gasteiger charge is 2.18. The zero-order valence-corrected chi connectivity index (χ0v) is 17.1. The first-order chi connectivity index (χ1) is 14.6. The first-order valence-electron chi connectivity index (χ1n) is 9.06. The summed E-state index contributed by atoms with van der Waals surface area (Å²) >= 11 is 0. The minimum absolute atomic E-state index is 0.0311. The quantitative estimate of drug-likeness (QED) is 0.521. The molecule has 9 nitrogen and oxygen atoms in total. The first-order valence-corrected chi connectivity index (χ1v) is 9.06. The minimum atomic E-state index is 0.0311. The second kappa shape index (κ2) is 9.52. The number of benzene rings is 2. The molecule has 3 aromatic rings. The third-order valence-electron chi connectivity index (χ3n) is 4.10. The summed E-state index contributed by atoms with van der Waals surface area (Å²) in [5.74, 6) is 2.91. The Morgan fingerprint density at radius 1 is 0.900 bits per heavy atom. The molecule has 30 heavy (non-hydrogen) atoms. The number of rotatable bonds is 9. The van der Waals surface area contributed by atoms with Crippen molar-refractivity contribution in [1.82, 2.24) is 10.2 Å². The van der Waals surface area contributed by atoms with E-state index in [1.807, 2.05) is 6.92 Å². The Bertz CT molecular complexity index is 1030. The smallest absolute Gasteiger partial charge is 0.254 e. The van der Waals surface area contributed by atoms with Crippen LogP contribution in [0.15, 0.2) is 34.7 Å². The summed E-state index contributed by atoms with van der Waals surface area (Å²) in [6.07, 6.45) is 0. The molecule has 2 aromatic carbocycles. The topological polar surface area (TPSA) is 109 Å². The van der Waals surface area contributed by atoms with Crippen LogP contribution in [-0.4, -0.2) is 38.1 Å². The molecule has 0 amide bonds. The van der Waals surface area contributed by atoms with E-state index in [1.165, 1.54) is 21.3 Å². The van der Waals surface area contributed by atoms with Crippen molar-refractivity contribution < 1.29 is 28.1 Å². The molecule has 0 bridgehead atoms. The number of nitriles is 1. The summed E-state index contributed by atoms with van der Waals surface area (Å²) in [5, 5.41) is 17.1. The van der Waals surface area contributed by atoms with Crippen LogP contribution in [0.5, 0.6) is 28.7 Å². The van der Waals surface area contributed by atoms with Crippen LogP contribution in [0, 0.1) is 11.3 Å². The molecule has 0 radical (unpaired) electrons. The van der Waals surface area contributed by atoms with Crippen molar-refractivity contribution in [2.45, 2.75) is 13.5 Å². The van der Waals surface area contributed by atoms with E-state index in [-0.39, 0.29) is 18.4 Å². The lowest BCUT2D eigenvalue weighted by Gasteiger charge is -2.12. The van der Waals surface area contributed by atoms with Crippen molar-refractivity contribution in [2.24, 2.45) is 0 Å². The van der Waals surface area contributed by atoms with Gasteiger partial charge in [-0.2, -0.15) is 5.26 Å². The third-order valence-corrected chi connectivity index (χ3v) is 4.10. The zero-order valence-electron chi connectivity index (χ0n) is 17.1. The molecule has 0 saturated carbocycles. The van der Waals surface area contributed by atoms with Crippen molar-refractivity contribution in [3.63, 3.8) is 0 Å². The standard InChI is InChI=1S/C21H21N3O6/c1-5-28-16-8-13(11-22)6-7-15(16)29-12-19-23-24-21(30-19)14-9-17(25-2)20(27-4)18(10-14)26-3/h6-10H,5,12H2,1-4H3. The highest BCUT2D eigenvalue weighted by Crippen LogP contribution is 2.41. The summed E-state index contributed by atoms with van der Waals surface area (Å²) in [4.78, 5) is 0. The summed E-state index contributed by atoms with van der Waals surface area (Å²) in [6.45, 7) is 2.32. The fourth-order valence-electron chi connectivity index (χ4n) is 2.74. The second-order valence-electron chi connectivity index (χ2n) is 5.91. The lowest BCUT2D eigenvalue weighted by atomic mass is 10.2. The van der Waals surface area contributed by atoms with Crippen LogP contribution in [0.4, 0.5) is 0 Å². The largest absolute Gasteiger partial charge is 0.493 e. The molecule has 0 N–H and O–H groups in total. The van der Waals surface area contributed by atoms with Crippen LogP contribution in [0.1, 0.15) is 18.4 Å². The second-order valence-corrected chi connectivity index (χ2v) is 5.91. The summed E-state index contributed by atoms with van der Waals surface area (Å²) in [7, 11) is 4.59. The van der Waals surface area contributed by atoms with Crippen LogP contribution in [-0.2, 0) is 6.61 Å². The lowest BCUT2D eigenvalue weighted by molar-refractivity contribution is 0.243. The summed E-state index contributed by atoms with van der Waals surface area (Å²) < 4.78 is 33.0. The SMILES string of the molecule is CCOc1cc(C#N)ccc1OCc1nnc(-c2cc(OC)c(OC)c(OC)c2)o1. The van der Waals surface area contributed by atoms with Gasteiger partial charge in [0.2, 0.25) is 11.6 Å². The number of aromatic nitrogens is 2. The van der Waals surface area contributed by atoms with E-state index in [0.717, 1.165) is 0 Å². The van der Waals surface area contributed by atoms with Crippen molar-refractivity contribution >= 4 is 0 Å². The molecular weight excluding hydrogens is 390 g/mol. The summed E-state index contributed by atoms with van der Waals surface area (Å²) in [6, 6.07) is 10.4. The fraction of sp³-hybridized carbons (Fsp3) is 0.286. The van der Waals surface area contributed by atoms with Crippen molar-refractivity contribution in [3.05, 3.63) is 41.8 Å². The molecule has 9 heteroatoms. The van der Waals surface area contributed by atoms with Gasteiger partial charge in [-0.1, -0.05) is 0 Å². The molecule has 0 aliphatic carbocycles. The van der Waals surface area contributed by atoms with E-state index in [0.29, 0.717) is 46.5 Å². The maximum absolute atomic E-state index is 9.04. The Kier molecular flexibility index (Phi) is 6.60. The van der Waals surface area contributed by atoms with Crippen LogP contribution < -0.4 is 23.7 Å². The Labute approximate surface area is 173 Å². The van der Waals surface area contributed by atoms with Gasteiger partial charge in [-0.15, -0.1) is 10.2 Å². The number of methoxy groups -OCH3 is 3. The van der Waals surface area contributed by atoms with Gasteiger partial charge in [0.05, 0.1) is 39.6 Å². The number of hydrogen-bond donors (Lipinski definition) is 0. The molecule has 0 atom stereocenters. The van der Waals surface area contributed by atoms with Gasteiger partial charge in [0.15, 0.2) is 29.6 Å². The molecule has 0 saturated heterocycles. The van der Waals surface area contributed by atoms with Crippen LogP contribution in [0.3, 0.4) is 0 Å². The van der Waals surface area contributed by atoms with E-state index in [2.05, 4.69) is 16.3 Å². The normalized spacial score (nSPS) is 10.2. The maximum atomic E-state index is 9.04. The Morgan fingerprint density at radius 2 is 1.63 bits per heavy atom. The fourth-order valence-corrected chi connectivity index (χ4v) is 2.74. The Morgan fingerprint density at radius 3 is 2.23 bits per heavy atom. The molecule has 0 unspecified atom stereocenters. The van der Waals surface area contributed by atoms with E-state index >= 15 is 0 Å². The molecule has 156 valence electrons. The van der Waals surface area contributed by atoms with Crippen molar-refractivity contribution in [1.29, 1.82) is 5.26 Å². The van der Waals surface area contributed by atoms with Crippen LogP contribution in [0.25, 0.3) is 11.5 Å². The molecular formula is C21H21N3O6. The average molecular weight is 411 g/mol. The predicted octanol–water partition coefficient (Wildman–Crippen LogP) is 3.61. The molecule has 0 fully saturated rings. The minimum Gasteiger partial charge on any atom is -0.493 e. The Balaban J connectivity index is 1.80. The number of ether oxygens (including phenoxy) is 5. The van der Waals surface area contributed by atoms with Crippen LogP contribution in [0.2, 0.25) is 0 Å². The van der Waals surface area contributed by atoms with Gasteiger partial charge in [-0.05, 0) is 31.2 Å². The van der Waals surface area contributed by atoms with E-state index < -0.39 is 0 Å². The number of hydrogen-bond acceptors (Lipinski definition) is 9. The maximum Gasteiger partial charge on any atom is 0.254 e. The first kappa shape index (κ1) is 20.8. The van der Waals surface area contributed by atoms with Gasteiger partial charge in [-0.3, -0.25) is 0 Å². The van der Waals surface area contributed by atoms with Gasteiger partial charge in [0.1, 0.15) is 0 Å². The van der Waals surface area contributed by atoms with E-state index in [9.17, 15) is 0 Å². The van der Waals surface area contributed by atoms with Crippen molar-refractivity contribution in [2.75, 3.05) is 27.9 Å². The van der Waals surface area contributed by atoms with Gasteiger partial charge in [0, 0.05) is 11.6 Å². The number of nitrogens with zero attached hydrogens (tertiary/aromatic N) is 3. The molecule has 0 aliphatic rings. The predicted molar refractivity (Wildman–Crippen MR) is 106 cm³/mol. The van der Waals surface area contributed by atoms with Gasteiger partial charge in [0.25, 0.3) is 5.89 Å². The third kappa shape index (κ3) is 4.38.